The van der Waals surface area contributed by atoms with E-state index in [9.17, 15) is 4.79 Å². The molecule has 0 radical (unpaired) electrons. The van der Waals surface area contributed by atoms with Crippen LogP contribution >= 0.6 is 0 Å². The lowest BCUT2D eigenvalue weighted by Crippen LogP contribution is -2.02. The van der Waals surface area contributed by atoms with Gasteiger partial charge in [0.15, 0.2) is 0 Å². The quantitative estimate of drug-likeness (QED) is 0.556. The topological polar surface area (TPSA) is 17.1 Å². The van der Waals surface area contributed by atoms with Gasteiger partial charge in [0.1, 0.15) is 5.78 Å². The molecular formula is C11H20O. The number of hydrogen-bond donors (Lipinski definition) is 0. The summed E-state index contributed by atoms with van der Waals surface area (Å²) in [6, 6.07) is 0. The van der Waals surface area contributed by atoms with E-state index in [-0.39, 0.29) is 0 Å². The van der Waals surface area contributed by atoms with Gasteiger partial charge in [-0.2, -0.15) is 0 Å². The Balaban J connectivity index is 3.38. The Kier molecular flexibility index (Phi) is 5.69. The molecule has 0 amide bonds. The molecule has 0 aromatic rings. The number of carbonyl (C=O) groups is 1. The zero-order chi connectivity index (χ0) is 9.56. The molecular weight excluding hydrogens is 148 g/mol. The summed E-state index contributed by atoms with van der Waals surface area (Å²) >= 11 is 0. The first kappa shape index (κ1) is 11.4. The molecule has 0 saturated carbocycles. The lowest BCUT2D eigenvalue weighted by atomic mass is 10.0. The van der Waals surface area contributed by atoms with Gasteiger partial charge in [-0.1, -0.05) is 19.4 Å². The molecule has 0 aliphatic carbocycles. The molecule has 70 valence electrons. The summed E-state index contributed by atoms with van der Waals surface area (Å²) in [5.74, 6) is 0.897. The summed E-state index contributed by atoms with van der Waals surface area (Å²) in [5, 5.41) is 0. The highest BCUT2D eigenvalue weighted by Gasteiger charge is 2.03. The smallest absolute Gasteiger partial charge is 0.133 e. The standard InChI is InChI=1S/C11H20O/c1-9(2)6-5-7-11(12)8-10(3)4/h10H,1,5-8H2,2-4H3. The molecule has 0 aromatic heterocycles. The molecule has 0 heterocycles. The summed E-state index contributed by atoms with van der Waals surface area (Å²) in [6.45, 7) is 9.97. The SMILES string of the molecule is C=C(C)CCCC(=O)CC(C)C. The maximum absolute atomic E-state index is 11.2. The van der Waals surface area contributed by atoms with Gasteiger partial charge in [0.25, 0.3) is 0 Å². The van der Waals surface area contributed by atoms with E-state index in [0.717, 1.165) is 25.7 Å². The lowest BCUT2D eigenvalue weighted by molar-refractivity contribution is -0.119. The van der Waals surface area contributed by atoms with Crippen LogP contribution < -0.4 is 0 Å². The van der Waals surface area contributed by atoms with Crippen molar-refractivity contribution in [1.29, 1.82) is 0 Å². The van der Waals surface area contributed by atoms with Crippen molar-refractivity contribution < 1.29 is 4.79 Å². The molecule has 0 saturated heterocycles. The summed E-state index contributed by atoms with van der Waals surface area (Å²) in [6.07, 6.45) is 3.42. The summed E-state index contributed by atoms with van der Waals surface area (Å²) in [5.41, 5.74) is 1.17. The Hall–Kier alpha value is -0.590. The molecule has 0 bridgehead atoms. The van der Waals surface area contributed by atoms with E-state index in [0.29, 0.717) is 11.7 Å². The first-order valence-electron chi connectivity index (χ1n) is 4.68. The lowest BCUT2D eigenvalue weighted by Gasteiger charge is -2.03. The zero-order valence-electron chi connectivity index (χ0n) is 8.52. The van der Waals surface area contributed by atoms with Gasteiger partial charge in [0.05, 0.1) is 0 Å². The Labute approximate surface area is 75.9 Å². The third-order valence-electron chi connectivity index (χ3n) is 1.70. The van der Waals surface area contributed by atoms with E-state index >= 15 is 0 Å². The second-order valence-corrected chi connectivity index (χ2v) is 3.95. The first-order valence-corrected chi connectivity index (χ1v) is 4.68. The molecule has 1 nitrogen and oxygen atoms in total. The van der Waals surface area contributed by atoms with E-state index in [4.69, 9.17) is 0 Å². The van der Waals surface area contributed by atoms with Crippen molar-refractivity contribution in [2.75, 3.05) is 0 Å². The fourth-order valence-corrected chi connectivity index (χ4v) is 1.14. The highest BCUT2D eigenvalue weighted by molar-refractivity contribution is 5.78. The normalized spacial score (nSPS) is 10.3. The van der Waals surface area contributed by atoms with Gasteiger partial charge in [-0.3, -0.25) is 4.79 Å². The molecule has 0 N–H and O–H groups in total. The fraction of sp³-hybridized carbons (Fsp3) is 0.727. The van der Waals surface area contributed by atoms with E-state index in [1.54, 1.807) is 0 Å². The first-order chi connectivity index (χ1) is 5.52. The second-order valence-electron chi connectivity index (χ2n) is 3.95. The van der Waals surface area contributed by atoms with Gasteiger partial charge in [-0.05, 0) is 25.7 Å². The van der Waals surface area contributed by atoms with Gasteiger partial charge in [0.2, 0.25) is 0 Å². The molecule has 0 rings (SSSR count). The van der Waals surface area contributed by atoms with E-state index < -0.39 is 0 Å². The van der Waals surface area contributed by atoms with Gasteiger partial charge >= 0.3 is 0 Å². The molecule has 0 aliphatic rings. The van der Waals surface area contributed by atoms with Gasteiger partial charge in [-0.15, -0.1) is 6.58 Å². The van der Waals surface area contributed by atoms with Crippen LogP contribution in [0.1, 0.15) is 46.5 Å². The maximum atomic E-state index is 11.2. The number of Topliss-reactive ketones (excluding diaryl/α,β-unsaturated/α-hetero) is 1. The molecule has 0 unspecified atom stereocenters. The van der Waals surface area contributed by atoms with Crippen LogP contribution in [-0.4, -0.2) is 5.78 Å². The molecule has 0 spiro atoms. The fourth-order valence-electron chi connectivity index (χ4n) is 1.14. The number of carbonyl (C=O) groups excluding carboxylic acids is 1. The maximum Gasteiger partial charge on any atom is 0.133 e. The van der Waals surface area contributed by atoms with E-state index in [2.05, 4.69) is 20.4 Å². The van der Waals surface area contributed by atoms with Gasteiger partial charge < -0.3 is 0 Å². The van der Waals surface area contributed by atoms with Gasteiger partial charge in [-0.25, -0.2) is 0 Å². The number of allylic oxidation sites excluding steroid dienone is 1. The minimum Gasteiger partial charge on any atom is -0.300 e. The second kappa shape index (κ2) is 5.99. The van der Waals surface area contributed by atoms with Crippen LogP contribution in [0, 0.1) is 5.92 Å². The van der Waals surface area contributed by atoms with Crippen molar-refractivity contribution >= 4 is 5.78 Å². The summed E-state index contributed by atoms with van der Waals surface area (Å²) < 4.78 is 0. The van der Waals surface area contributed by atoms with Gasteiger partial charge in [0, 0.05) is 12.8 Å². The molecule has 12 heavy (non-hydrogen) atoms. The molecule has 0 atom stereocenters. The largest absolute Gasteiger partial charge is 0.300 e. The van der Waals surface area contributed by atoms with Crippen LogP contribution in [0.3, 0.4) is 0 Å². The Morgan fingerprint density at radius 2 is 1.92 bits per heavy atom. The minimum atomic E-state index is 0.395. The highest BCUT2D eigenvalue weighted by atomic mass is 16.1. The van der Waals surface area contributed by atoms with Crippen LogP contribution in [0.5, 0.6) is 0 Å². The van der Waals surface area contributed by atoms with Crippen LogP contribution in [0.25, 0.3) is 0 Å². The average molecular weight is 168 g/mol. The number of ketones is 1. The Bertz CT molecular complexity index is 156. The van der Waals surface area contributed by atoms with Crippen LogP contribution in [-0.2, 0) is 4.79 Å². The van der Waals surface area contributed by atoms with Crippen molar-refractivity contribution in [3.8, 4) is 0 Å². The molecule has 0 fully saturated rings. The summed E-state index contributed by atoms with van der Waals surface area (Å²) in [4.78, 5) is 11.2. The predicted molar refractivity (Wildman–Crippen MR) is 53.1 cm³/mol. The van der Waals surface area contributed by atoms with Crippen LogP contribution in [0.2, 0.25) is 0 Å². The van der Waals surface area contributed by atoms with Crippen molar-refractivity contribution in [2.45, 2.75) is 46.5 Å². The van der Waals surface area contributed by atoms with Crippen molar-refractivity contribution in [1.82, 2.24) is 0 Å². The zero-order valence-corrected chi connectivity index (χ0v) is 8.52. The molecule has 0 aromatic carbocycles. The van der Waals surface area contributed by atoms with E-state index in [1.165, 1.54) is 5.57 Å². The summed E-state index contributed by atoms with van der Waals surface area (Å²) in [7, 11) is 0. The van der Waals surface area contributed by atoms with Crippen LogP contribution in [0.15, 0.2) is 12.2 Å². The molecule has 0 aliphatic heterocycles. The van der Waals surface area contributed by atoms with Crippen molar-refractivity contribution in [3.63, 3.8) is 0 Å². The van der Waals surface area contributed by atoms with Crippen molar-refractivity contribution in [3.05, 3.63) is 12.2 Å². The third kappa shape index (κ3) is 7.52. The van der Waals surface area contributed by atoms with Crippen LogP contribution in [0.4, 0.5) is 0 Å². The monoisotopic (exact) mass is 168 g/mol. The van der Waals surface area contributed by atoms with E-state index in [1.807, 2.05) is 6.92 Å². The minimum absolute atomic E-state index is 0.395. The highest BCUT2D eigenvalue weighted by Crippen LogP contribution is 2.08. The Morgan fingerprint density at radius 1 is 1.33 bits per heavy atom. The predicted octanol–water partition coefficient (Wildman–Crippen LogP) is 3.35. The average Bonchev–Trinajstić information content (AvgIpc) is 1.84. The molecule has 1 heteroatoms. The Morgan fingerprint density at radius 3 is 2.33 bits per heavy atom. The van der Waals surface area contributed by atoms with Crippen molar-refractivity contribution in [2.24, 2.45) is 5.92 Å². The number of hydrogen-bond acceptors (Lipinski definition) is 1. The third-order valence-corrected chi connectivity index (χ3v) is 1.70. The number of rotatable bonds is 6.